The summed E-state index contributed by atoms with van der Waals surface area (Å²) in [4.78, 5) is 15.8. The molecule has 1 saturated heterocycles. The first-order chi connectivity index (χ1) is 9.47. The average Bonchev–Trinajstić information content (AvgIpc) is 2.42. The molecule has 0 bridgehead atoms. The highest BCUT2D eigenvalue weighted by Gasteiger charge is 2.23. The van der Waals surface area contributed by atoms with Crippen LogP contribution in [-0.4, -0.2) is 47.9 Å². The Morgan fingerprint density at radius 3 is 2.60 bits per heavy atom. The van der Waals surface area contributed by atoms with Gasteiger partial charge in [-0.1, -0.05) is 17.7 Å². The number of hydrogen-bond donors (Lipinski definition) is 1. The minimum Gasteiger partial charge on any atom is -0.339 e. The Hall–Kier alpha value is -1.17. The number of nitrogens with zero attached hydrogens (tertiary/aromatic N) is 2. The molecule has 0 aliphatic carbocycles. The quantitative estimate of drug-likeness (QED) is 0.919. The first kappa shape index (κ1) is 15.2. The van der Waals surface area contributed by atoms with E-state index < -0.39 is 6.04 Å². The van der Waals surface area contributed by atoms with Crippen LogP contribution in [0.5, 0.6) is 0 Å². The highest BCUT2D eigenvalue weighted by atomic mass is 35.5. The van der Waals surface area contributed by atoms with Crippen molar-refractivity contribution in [3.63, 3.8) is 0 Å². The molecule has 2 N–H and O–H groups in total. The Balaban J connectivity index is 1.90. The second-order valence-corrected chi connectivity index (χ2v) is 5.53. The number of hydrogen-bond acceptors (Lipinski definition) is 3. The lowest BCUT2D eigenvalue weighted by atomic mass is 10.2. The van der Waals surface area contributed by atoms with Crippen molar-refractivity contribution in [3.05, 3.63) is 34.6 Å². The molecule has 1 unspecified atom stereocenters. The van der Waals surface area contributed by atoms with Crippen LogP contribution in [0.1, 0.15) is 12.5 Å². The van der Waals surface area contributed by atoms with Gasteiger partial charge in [-0.15, -0.1) is 0 Å². The van der Waals surface area contributed by atoms with Gasteiger partial charge in [0.1, 0.15) is 5.82 Å². The van der Waals surface area contributed by atoms with Crippen molar-refractivity contribution in [1.29, 1.82) is 0 Å². The van der Waals surface area contributed by atoms with Gasteiger partial charge in [-0.2, -0.15) is 0 Å². The molecular formula is C14H19ClFN3O. The molecule has 1 fully saturated rings. The zero-order valence-corrected chi connectivity index (χ0v) is 12.2. The summed E-state index contributed by atoms with van der Waals surface area (Å²) in [5, 5.41) is 0.444. The number of nitrogens with two attached hydrogens (primary N) is 1. The molecule has 1 amide bonds. The topological polar surface area (TPSA) is 49.6 Å². The molecule has 6 heteroatoms. The Morgan fingerprint density at radius 1 is 1.40 bits per heavy atom. The van der Waals surface area contributed by atoms with E-state index in [2.05, 4.69) is 4.90 Å². The highest BCUT2D eigenvalue weighted by molar-refractivity contribution is 6.31. The summed E-state index contributed by atoms with van der Waals surface area (Å²) in [6.07, 6.45) is 0. The van der Waals surface area contributed by atoms with Crippen LogP contribution >= 0.6 is 11.6 Å². The predicted molar refractivity (Wildman–Crippen MR) is 76.9 cm³/mol. The van der Waals surface area contributed by atoms with E-state index in [0.29, 0.717) is 24.7 Å². The van der Waals surface area contributed by atoms with Gasteiger partial charge in [0.25, 0.3) is 0 Å². The van der Waals surface area contributed by atoms with Crippen molar-refractivity contribution in [2.24, 2.45) is 5.73 Å². The Kier molecular flexibility index (Phi) is 4.96. The maximum atomic E-state index is 13.0. The molecule has 2 rings (SSSR count). The van der Waals surface area contributed by atoms with E-state index in [0.717, 1.165) is 18.7 Å². The second kappa shape index (κ2) is 6.52. The first-order valence-corrected chi connectivity index (χ1v) is 7.06. The van der Waals surface area contributed by atoms with Gasteiger partial charge in [-0.25, -0.2) is 4.39 Å². The fourth-order valence-corrected chi connectivity index (χ4v) is 2.53. The lowest BCUT2D eigenvalue weighted by Gasteiger charge is -2.35. The van der Waals surface area contributed by atoms with Crippen molar-refractivity contribution in [3.8, 4) is 0 Å². The Morgan fingerprint density at radius 2 is 2.05 bits per heavy atom. The molecule has 110 valence electrons. The minimum atomic E-state index is -0.451. The molecule has 0 aromatic heterocycles. The van der Waals surface area contributed by atoms with Crippen LogP contribution in [-0.2, 0) is 11.3 Å². The molecule has 1 aliphatic rings. The van der Waals surface area contributed by atoms with E-state index in [9.17, 15) is 9.18 Å². The van der Waals surface area contributed by atoms with E-state index >= 15 is 0 Å². The number of carbonyl (C=O) groups excluding carboxylic acids is 1. The number of rotatable bonds is 3. The van der Waals surface area contributed by atoms with Gasteiger partial charge in [0.2, 0.25) is 5.91 Å². The molecule has 4 nitrogen and oxygen atoms in total. The summed E-state index contributed by atoms with van der Waals surface area (Å²) in [5.41, 5.74) is 6.50. The number of piperazine rings is 1. The fraction of sp³-hybridized carbons (Fsp3) is 0.500. The molecule has 1 aliphatic heterocycles. The lowest BCUT2D eigenvalue weighted by Crippen LogP contribution is -2.52. The van der Waals surface area contributed by atoms with Crippen LogP contribution in [0.25, 0.3) is 0 Å². The van der Waals surface area contributed by atoms with Crippen LogP contribution in [0.3, 0.4) is 0 Å². The SMILES string of the molecule is CC(N)C(=O)N1CCN(Cc2ccc(F)cc2Cl)CC1. The van der Waals surface area contributed by atoms with E-state index in [-0.39, 0.29) is 11.7 Å². The summed E-state index contributed by atoms with van der Waals surface area (Å²) in [6.45, 7) is 5.24. The molecule has 1 atom stereocenters. The van der Waals surface area contributed by atoms with Crippen molar-refractivity contribution >= 4 is 17.5 Å². The van der Waals surface area contributed by atoms with Crippen molar-refractivity contribution in [1.82, 2.24) is 9.80 Å². The fourth-order valence-electron chi connectivity index (χ4n) is 2.31. The second-order valence-electron chi connectivity index (χ2n) is 5.13. The highest BCUT2D eigenvalue weighted by Crippen LogP contribution is 2.19. The standard InChI is InChI=1S/C14H19ClFN3O/c1-10(17)14(20)19-6-4-18(5-7-19)9-11-2-3-12(16)8-13(11)15/h2-3,8,10H,4-7,9,17H2,1H3. The number of amides is 1. The molecule has 1 aromatic carbocycles. The summed E-state index contributed by atoms with van der Waals surface area (Å²) < 4.78 is 13.0. The maximum Gasteiger partial charge on any atom is 0.239 e. The molecule has 20 heavy (non-hydrogen) atoms. The molecule has 1 aromatic rings. The zero-order chi connectivity index (χ0) is 14.7. The van der Waals surface area contributed by atoms with Gasteiger partial charge in [0.05, 0.1) is 6.04 Å². The minimum absolute atomic E-state index is 0.00976. The van der Waals surface area contributed by atoms with Crippen LogP contribution in [0.2, 0.25) is 5.02 Å². The van der Waals surface area contributed by atoms with Crippen LogP contribution < -0.4 is 5.73 Å². The van der Waals surface area contributed by atoms with E-state index in [1.807, 2.05) is 0 Å². The molecule has 0 radical (unpaired) electrons. The van der Waals surface area contributed by atoms with E-state index in [4.69, 9.17) is 17.3 Å². The summed E-state index contributed by atoms with van der Waals surface area (Å²) >= 11 is 6.02. The van der Waals surface area contributed by atoms with E-state index in [1.165, 1.54) is 12.1 Å². The third-order valence-corrected chi connectivity index (χ3v) is 3.83. The third kappa shape index (κ3) is 3.69. The molecule has 1 heterocycles. The number of benzene rings is 1. The summed E-state index contributed by atoms with van der Waals surface area (Å²) in [5.74, 6) is -0.337. The van der Waals surface area contributed by atoms with Gasteiger partial charge < -0.3 is 10.6 Å². The largest absolute Gasteiger partial charge is 0.339 e. The smallest absolute Gasteiger partial charge is 0.239 e. The summed E-state index contributed by atoms with van der Waals surface area (Å²) in [7, 11) is 0. The molecule has 0 spiro atoms. The number of halogens is 2. The molecule has 0 saturated carbocycles. The van der Waals surface area contributed by atoms with Gasteiger partial charge in [-0.05, 0) is 24.6 Å². The van der Waals surface area contributed by atoms with Crippen molar-refractivity contribution < 1.29 is 9.18 Å². The normalized spacial score (nSPS) is 18.1. The van der Waals surface area contributed by atoms with Crippen LogP contribution in [0, 0.1) is 5.82 Å². The van der Waals surface area contributed by atoms with Gasteiger partial charge in [0, 0.05) is 37.7 Å². The van der Waals surface area contributed by atoms with Gasteiger partial charge >= 0.3 is 0 Å². The Labute approximate surface area is 123 Å². The van der Waals surface area contributed by atoms with Crippen molar-refractivity contribution in [2.75, 3.05) is 26.2 Å². The zero-order valence-electron chi connectivity index (χ0n) is 11.5. The van der Waals surface area contributed by atoms with E-state index in [1.54, 1.807) is 17.9 Å². The van der Waals surface area contributed by atoms with Crippen LogP contribution in [0.4, 0.5) is 4.39 Å². The lowest BCUT2D eigenvalue weighted by molar-refractivity contribution is -0.134. The monoisotopic (exact) mass is 299 g/mol. The third-order valence-electron chi connectivity index (χ3n) is 3.48. The predicted octanol–water partition coefficient (Wildman–Crippen LogP) is 1.47. The average molecular weight is 300 g/mol. The Bertz CT molecular complexity index is 487. The van der Waals surface area contributed by atoms with Crippen molar-refractivity contribution in [2.45, 2.75) is 19.5 Å². The van der Waals surface area contributed by atoms with Gasteiger partial charge in [0.15, 0.2) is 0 Å². The molecular weight excluding hydrogens is 281 g/mol. The number of carbonyl (C=O) groups is 1. The van der Waals surface area contributed by atoms with Crippen LogP contribution in [0.15, 0.2) is 18.2 Å². The summed E-state index contributed by atoms with van der Waals surface area (Å²) in [6, 6.07) is 3.99. The maximum absolute atomic E-state index is 13.0. The van der Waals surface area contributed by atoms with Gasteiger partial charge in [-0.3, -0.25) is 9.69 Å². The first-order valence-electron chi connectivity index (χ1n) is 6.68.